The SMILES string of the molecule is CC(C)c1ccc2ncnc(N3CCc4c(C(=O)O)nn(C)c4C3)c2c1. The first-order valence-electron chi connectivity index (χ1n) is 8.73. The molecule has 1 N–H and O–H groups in total. The molecule has 0 atom stereocenters. The summed E-state index contributed by atoms with van der Waals surface area (Å²) in [7, 11) is 1.80. The van der Waals surface area contributed by atoms with Gasteiger partial charge in [0, 0.05) is 24.5 Å². The minimum Gasteiger partial charge on any atom is -0.476 e. The zero-order chi connectivity index (χ0) is 18.4. The lowest BCUT2D eigenvalue weighted by Gasteiger charge is -2.29. The Balaban J connectivity index is 1.77. The Bertz CT molecular complexity index is 1010. The standard InChI is InChI=1S/C19H21N5O2/c1-11(2)12-4-5-15-14(8-12)18(21-10-20-15)24-7-6-13-16(9-24)23(3)22-17(13)19(25)26/h4-5,8,10-11H,6-7,9H2,1-3H3,(H,25,26). The summed E-state index contributed by atoms with van der Waals surface area (Å²) in [6.45, 7) is 5.63. The molecule has 0 fully saturated rings. The van der Waals surface area contributed by atoms with Gasteiger partial charge < -0.3 is 10.0 Å². The summed E-state index contributed by atoms with van der Waals surface area (Å²) in [6.07, 6.45) is 2.23. The Morgan fingerprint density at radius 2 is 2.08 bits per heavy atom. The van der Waals surface area contributed by atoms with Gasteiger partial charge in [-0.3, -0.25) is 4.68 Å². The third-order valence-corrected chi connectivity index (χ3v) is 5.05. The first-order chi connectivity index (χ1) is 12.5. The van der Waals surface area contributed by atoms with Gasteiger partial charge in [-0.15, -0.1) is 0 Å². The average molecular weight is 351 g/mol. The summed E-state index contributed by atoms with van der Waals surface area (Å²) in [5, 5.41) is 14.6. The highest BCUT2D eigenvalue weighted by molar-refractivity contribution is 5.90. The molecule has 2 aromatic heterocycles. The third-order valence-electron chi connectivity index (χ3n) is 5.05. The Morgan fingerprint density at radius 3 is 2.81 bits per heavy atom. The second-order valence-electron chi connectivity index (χ2n) is 7.00. The van der Waals surface area contributed by atoms with Crippen LogP contribution >= 0.6 is 0 Å². The molecule has 0 unspecified atom stereocenters. The van der Waals surface area contributed by atoms with Gasteiger partial charge in [-0.1, -0.05) is 19.9 Å². The molecule has 0 aliphatic carbocycles. The van der Waals surface area contributed by atoms with Crippen LogP contribution < -0.4 is 4.90 Å². The topological polar surface area (TPSA) is 84.1 Å². The Kier molecular flexibility index (Phi) is 3.86. The van der Waals surface area contributed by atoms with Crippen LogP contribution in [-0.2, 0) is 20.0 Å². The third kappa shape index (κ3) is 2.60. The zero-order valence-electron chi connectivity index (χ0n) is 15.1. The van der Waals surface area contributed by atoms with Crippen LogP contribution in [0.3, 0.4) is 0 Å². The van der Waals surface area contributed by atoms with E-state index >= 15 is 0 Å². The smallest absolute Gasteiger partial charge is 0.356 e. The van der Waals surface area contributed by atoms with Crippen molar-refractivity contribution in [2.45, 2.75) is 32.7 Å². The molecule has 4 rings (SSSR count). The predicted molar refractivity (Wildman–Crippen MR) is 98.5 cm³/mol. The number of hydrogen-bond donors (Lipinski definition) is 1. The van der Waals surface area contributed by atoms with E-state index in [9.17, 15) is 9.90 Å². The van der Waals surface area contributed by atoms with Crippen molar-refractivity contribution in [3.63, 3.8) is 0 Å². The number of carboxylic acid groups (broad SMARTS) is 1. The summed E-state index contributed by atoms with van der Waals surface area (Å²) in [4.78, 5) is 22.5. The van der Waals surface area contributed by atoms with E-state index in [-0.39, 0.29) is 5.69 Å². The van der Waals surface area contributed by atoms with E-state index in [1.807, 2.05) is 6.07 Å². The van der Waals surface area contributed by atoms with Crippen molar-refractivity contribution >= 4 is 22.7 Å². The highest BCUT2D eigenvalue weighted by atomic mass is 16.4. The lowest BCUT2D eigenvalue weighted by molar-refractivity contribution is 0.0688. The molecule has 3 heterocycles. The monoisotopic (exact) mass is 351 g/mol. The number of nitrogens with zero attached hydrogens (tertiary/aromatic N) is 5. The molecular weight excluding hydrogens is 330 g/mol. The van der Waals surface area contributed by atoms with Crippen LogP contribution in [0, 0.1) is 0 Å². The molecule has 1 aliphatic rings. The van der Waals surface area contributed by atoms with E-state index in [0.717, 1.165) is 28.0 Å². The molecule has 26 heavy (non-hydrogen) atoms. The minimum absolute atomic E-state index is 0.164. The van der Waals surface area contributed by atoms with Crippen molar-refractivity contribution in [1.82, 2.24) is 19.7 Å². The van der Waals surface area contributed by atoms with Crippen LogP contribution in [0.2, 0.25) is 0 Å². The molecule has 0 bridgehead atoms. The number of aromatic carboxylic acids is 1. The van der Waals surface area contributed by atoms with E-state index in [2.05, 4.69) is 45.9 Å². The fraction of sp³-hybridized carbons (Fsp3) is 0.368. The van der Waals surface area contributed by atoms with Gasteiger partial charge in [0.05, 0.1) is 17.8 Å². The Hall–Kier alpha value is -2.96. The molecule has 1 aliphatic heterocycles. The molecule has 3 aromatic rings. The van der Waals surface area contributed by atoms with Crippen LogP contribution in [0.5, 0.6) is 0 Å². The molecule has 0 spiro atoms. The van der Waals surface area contributed by atoms with E-state index in [1.165, 1.54) is 5.56 Å². The lowest BCUT2D eigenvalue weighted by Crippen LogP contribution is -2.32. The van der Waals surface area contributed by atoms with E-state index in [0.29, 0.717) is 25.4 Å². The van der Waals surface area contributed by atoms with Crippen molar-refractivity contribution in [3.8, 4) is 0 Å². The summed E-state index contributed by atoms with van der Waals surface area (Å²) >= 11 is 0. The number of rotatable bonds is 3. The number of aryl methyl sites for hydroxylation is 1. The first kappa shape index (κ1) is 16.5. The number of carbonyl (C=O) groups is 1. The van der Waals surface area contributed by atoms with E-state index < -0.39 is 5.97 Å². The van der Waals surface area contributed by atoms with Gasteiger partial charge in [-0.2, -0.15) is 5.10 Å². The van der Waals surface area contributed by atoms with E-state index in [4.69, 9.17) is 0 Å². The summed E-state index contributed by atoms with van der Waals surface area (Å²) in [5.74, 6) is 0.348. The quantitative estimate of drug-likeness (QED) is 0.781. The van der Waals surface area contributed by atoms with Crippen LogP contribution in [0.25, 0.3) is 10.9 Å². The van der Waals surface area contributed by atoms with Crippen molar-refractivity contribution in [3.05, 3.63) is 47.0 Å². The highest BCUT2D eigenvalue weighted by Crippen LogP contribution is 2.31. The fourth-order valence-corrected chi connectivity index (χ4v) is 3.59. The molecule has 7 nitrogen and oxygen atoms in total. The van der Waals surface area contributed by atoms with Gasteiger partial charge in [0.15, 0.2) is 5.69 Å². The van der Waals surface area contributed by atoms with Crippen molar-refractivity contribution < 1.29 is 9.90 Å². The largest absolute Gasteiger partial charge is 0.476 e. The molecule has 0 saturated carbocycles. The number of hydrogen-bond acceptors (Lipinski definition) is 5. The van der Waals surface area contributed by atoms with Crippen LogP contribution in [-0.4, -0.2) is 37.4 Å². The maximum atomic E-state index is 11.4. The number of aromatic nitrogens is 4. The molecule has 7 heteroatoms. The van der Waals surface area contributed by atoms with Gasteiger partial charge in [-0.05, 0) is 30.0 Å². The summed E-state index contributed by atoms with van der Waals surface area (Å²) in [5.41, 5.74) is 4.09. The number of anilines is 1. The van der Waals surface area contributed by atoms with Crippen molar-refractivity contribution in [2.75, 3.05) is 11.4 Å². The zero-order valence-corrected chi connectivity index (χ0v) is 15.1. The molecule has 134 valence electrons. The second kappa shape index (κ2) is 6.09. The Labute approximate surface area is 151 Å². The molecule has 0 saturated heterocycles. The van der Waals surface area contributed by atoms with Crippen LogP contribution in [0.1, 0.15) is 47.1 Å². The molecule has 0 amide bonds. The van der Waals surface area contributed by atoms with Crippen molar-refractivity contribution in [1.29, 1.82) is 0 Å². The van der Waals surface area contributed by atoms with Gasteiger partial charge in [0.25, 0.3) is 0 Å². The van der Waals surface area contributed by atoms with Crippen molar-refractivity contribution in [2.24, 2.45) is 7.05 Å². The minimum atomic E-state index is -0.968. The normalized spacial score (nSPS) is 14.1. The number of carboxylic acids is 1. The van der Waals surface area contributed by atoms with E-state index in [1.54, 1.807) is 18.1 Å². The number of fused-ring (bicyclic) bond motifs is 2. The maximum Gasteiger partial charge on any atom is 0.356 e. The predicted octanol–water partition coefficient (Wildman–Crippen LogP) is 2.75. The van der Waals surface area contributed by atoms with Gasteiger partial charge in [-0.25, -0.2) is 14.8 Å². The van der Waals surface area contributed by atoms with Gasteiger partial charge >= 0.3 is 5.97 Å². The second-order valence-corrected chi connectivity index (χ2v) is 7.00. The van der Waals surface area contributed by atoms with Crippen LogP contribution in [0.4, 0.5) is 5.82 Å². The lowest BCUT2D eigenvalue weighted by atomic mass is 10.0. The first-order valence-corrected chi connectivity index (χ1v) is 8.73. The molecule has 0 radical (unpaired) electrons. The molecular formula is C19H21N5O2. The summed E-state index contributed by atoms with van der Waals surface area (Å²) in [6, 6.07) is 6.31. The number of benzene rings is 1. The van der Waals surface area contributed by atoms with Gasteiger partial charge in [0.1, 0.15) is 12.1 Å². The average Bonchev–Trinajstić information content (AvgIpc) is 2.97. The molecule has 1 aromatic carbocycles. The van der Waals surface area contributed by atoms with Crippen LogP contribution in [0.15, 0.2) is 24.5 Å². The Morgan fingerprint density at radius 1 is 1.27 bits per heavy atom. The van der Waals surface area contributed by atoms with Gasteiger partial charge in [0.2, 0.25) is 0 Å². The summed E-state index contributed by atoms with van der Waals surface area (Å²) < 4.78 is 1.67. The highest BCUT2D eigenvalue weighted by Gasteiger charge is 2.28. The fourth-order valence-electron chi connectivity index (χ4n) is 3.59. The maximum absolute atomic E-state index is 11.4.